The molecule has 0 spiro atoms. The molecule has 1 N–H and O–H groups in total. The van der Waals surface area contributed by atoms with Crippen LogP contribution in [-0.4, -0.2) is 51.2 Å². The minimum atomic E-state index is -0.268. The maximum atomic E-state index is 12.2. The van der Waals surface area contributed by atoms with Gasteiger partial charge in [-0.25, -0.2) is 14.6 Å². The van der Waals surface area contributed by atoms with Gasteiger partial charge in [-0.2, -0.15) is 5.10 Å². The largest absolute Gasteiger partial charge is 0.385 e. The summed E-state index contributed by atoms with van der Waals surface area (Å²) < 4.78 is 6.76. The number of para-hydroxylation sites is 1. The monoisotopic (exact) mass is 371 g/mol. The van der Waals surface area contributed by atoms with E-state index in [-0.39, 0.29) is 11.2 Å². The molecule has 26 heavy (non-hydrogen) atoms. The number of aromatic nitrogens is 4. The third-order valence-electron chi connectivity index (χ3n) is 3.81. The Labute approximate surface area is 156 Å². The van der Waals surface area contributed by atoms with Gasteiger partial charge in [0.2, 0.25) is 5.91 Å². The Morgan fingerprint density at radius 1 is 1.31 bits per heavy atom. The first-order valence-corrected chi connectivity index (χ1v) is 9.26. The number of nitrogens with zero attached hydrogens (tertiary/aromatic N) is 4. The second kappa shape index (κ2) is 8.77. The average molecular weight is 371 g/mol. The molecule has 2 aromatic heterocycles. The van der Waals surface area contributed by atoms with E-state index in [4.69, 9.17) is 4.74 Å². The quantitative estimate of drug-likeness (QED) is 0.372. The van der Waals surface area contributed by atoms with Crippen LogP contribution >= 0.6 is 11.8 Å². The topological polar surface area (TPSA) is 81.9 Å². The number of nitrogens with one attached hydrogen (secondary N) is 1. The van der Waals surface area contributed by atoms with Gasteiger partial charge in [-0.3, -0.25) is 4.79 Å². The standard InChI is InChI=1S/C18H21N5O2S/c1-13(17(24)19-9-6-10-25-2)26-18-15-11-22-23(16(15)20-12-21-18)14-7-4-3-5-8-14/h3-5,7-8,11-13H,6,9-10H2,1-2H3,(H,19,24). The second-order valence-corrected chi connectivity index (χ2v) is 7.03. The van der Waals surface area contributed by atoms with Crippen molar-refractivity contribution in [1.82, 2.24) is 25.1 Å². The number of fused-ring (bicyclic) bond motifs is 1. The van der Waals surface area contributed by atoms with E-state index in [0.717, 1.165) is 28.2 Å². The zero-order valence-corrected chi connectivity index (χ0v) is 15.6. The van der Waals surface area contributed by atoms with Crippen LogP contribution in [-0.2, 0) is 9.53 Å². The molecule has 0 radical (unpaired) electrons. The summed E-state index contributed by atoms with van der Waals surface area (Å²) in [5, 5.41) is 8.66. The van der Waals surface area contributed by atoms with Crippen molar-refractivity contribution in [1.29, 1.82) is 0 Å². The molecule has 0 fully saturated rings. The van der Waals surface area contributed by atoms with Crippen molar-refractivity contribution >= 4 is 28.7 Å². The van der Waals surface area contributed by atoms with Crippen molar-refractivity contribution in [2.24, 2.45) is 0 Å². The van der Waals surface area contributed by atoms with E-state index in [1.54, 1.807) is 18.0 Å². The molecule has 3 aromatic rings. The van der Waals surface area contributed by atoms with Crippen LogP contribution in [0.4, 0.5) is 0 Å². The molecule has 0 aliphatic rings. The third kappa shape index (κ3) is 4.20. The van der Waals surface area contributed by atoms with E-state index < -0.39 is 0 Å². The summed E-state index contributed by atoms with van der Waals surface area (Å²) in [6, 6.07) is 9.80. The van der Waals surface area contributed by atoms with Crippen LogP contribution in [0.2, 0.25) is 0 Å². The summed E-state index contributed by atoms with van der Waals surface area (Å²) in [5.74, 6) is -0.0201. The third-order valence-corrected chi connectivity index (χ3v) is 4.93. The summed E-state index contributed by atoms with van der Waals surface area (Å²) in [4.78, 5) is 20.9. The van der Waals surface area contributed by atoms with Gasteiger partial charge in [0.05, 0.1) is 22.5 Å². The van der Waals surface area contributed by atoms with E-state index in [1.165, 1.54) is 18.1 Å². The molecule has 0 saturated carbocycles. The highest BCUT2D eigenvalue weighted by molar-refractivity contribution is 8.00. The zero-order chi connectivity index (χ0) is 18.4. The lowest BCUT2D eigenvalue weighted by Gasteiger charge is -2.11. The first-order valence-electron chi connectivity index (χ1n) is 8.38. The van der Waals surface area contributed by atoms with Crippen molar-refractivity contribution in [3.05, 3.63) is 42.9 Å². The van der Waals surface area contributed by atoms with E-state index in [9.17, 15) is 4.79 Å². The number of carbonyl (C=O) groups excluding carboxylic acids is 1. The molecule has 0 aliphatic heterocycles. The smallest absolute Gasteiger partial charge is 0.233 e. The highest BCUT2D eigenvalue weighted by Crippen LogP contribution is 2.28. The van der Waals surface area contributed by atoms with Crippen molar-refractivity contribution in [2.45, 2.75) is 23.6 Å². The maximum Gasteiger partial charge on any atom is 0.233 e. The molecule has 1 atom stereocenters. The SMILES string of the molecule is COCCCNC(=O)C(C)Sc1ncnc2c1cnn2-c1ccccc1. The highest BCUT2D eigenvalue weighted by Gasteiger charge is 2.18. The molecule has 1 amide bonds. The number of thioether (sulfide) groups is 1. The van der Waals surface area contributed by atoms with Crippen LogP contribution in [0.1, 0.15) is 13.3 Å². The summed E-state index contributed by atoms with van der Waals surface area (Å²) >= 11 is 1.41. The number of hydrogen-bond acceptors (Lipinski definition) is 6. The molecule has 0 saturated heterocycles. The van der Waals surface area contributed by atoms with Gasteiger partial charge < -0.3 is 10.1 Å². The van der Waals surface area contributed by atoms with E-state index >= 15 is 0 Å². The van der Waals surface area contributed by atoms with Gasteiger partial charge in [0, 0.05) is 20.3 Å². The molecular formula is C18H21N5O2S. The summed E-state index contributed by atoms with van der Waals surface area (Å²) in [6.07, 6.45) is 4.05. The van der Waals surface area contributed by atoms with Gasteiger partial charge in [0.1, 0.15) is 11.4 Å². The van der Waals surface area contributed by atoms with Gasteiger partial charge in [0.15, 0.2) is 5.65 Å². The molecule has 8 heteroatoms. The first-order chi connectivity index (χ1) is 12.7. The first kappa shape index (κ1) is 18.3. The lowest BCUT2D eigenvalue weighted by atomic mass is 10.3. The predicted molar refractivity (Wildman–Crippen MR) is 101 cm³/mol. The van der Waals surface area contributed by atoms with Crippen LogP contribution in [0.15, 0.2) is 47.9 Å². The van der Waals surface area contributed by atoms with E-state index in [1.807, 2.05) is 37.3 Å². The summed E-state index contributed by atoms with van der Waals surface area (Å²) in [6.45, 7) is 3.10. The van der Waals surface area contributed by atoms with Crippen molar-refractivity contribution in [2.75, 3.05) is 20.3 Å². The van der Waals surface area contributed by atoms with Crippen molar-refractivity contribution in [3.63, 3.8) is 0 Å². The molecule has 7 nitrogen and oxygen atoms in total. The molecule has 0 aliphatic carbocycles. The van der Waals surface area contributed by atoms with Gasteiger partial charge in [-0.15, -0.1) is 0 Å². The van der Waals surface area contributed by atoms with Crippen LogP contribution in [0.3, 0.4) is 0 Å². The van der Waals surface area contributed by atoms with Crippen LogP contribution in [0.25, 0.3) is 16.7 Å². The number of hydrogen-bond donors (Lipinski definition) is 1. The summed E-state index contributed by atoms with van der Waals surface area (Å²) in [5.41, 5.74) is 1.66. The normalized spacial score (nSPS) is 12.2. The molecular weight excluding hydrogens is 350 g/mol. The minimum Gasteiger partial charge on any atom is -0.385 e. The van der Waals surface area contributed by atoms with E-state index in [0.29, 0.717) is 13.2 Å². The molecule has 3 rings (SSSR count). The van der Waals surface area contributed by atoms with Gasteiger partial charge in [0.25, 0.3) is 0 Å². The zero-order valence-electron chi connectivity index (χ0n) is 14.8. The number of amides is 1. The Hall–Kier alpha value is -2.45. The minimum absolute atomic E-state index is 0.0201. The summed E-state index contributed by atoms with van der Waals surface area (Å²) in [7, 11) is 1.65. The van der Waals surface area contributed by atoms with E-state index in [2.05, 4.69) is 20.4 Å². The van der Waals surface area contributed by atoms with Gasteiger partial charge >= 0.3 is 0 Å². The highest BCUT2D eigenvalue weighted by atomic mass is 32.2. The van der Waals surface area contributed by atoms with Gasteiger partial charge in [-0.05, 0) is 25.5 Å². The molecule has 1 unspecified atom stereocenters. The Bertz CT molecular complexity index is 868. The van der Waals surface area contributed by atoms with Crippen LogP contribution in [0.5, 0.6) is 0 Å². The fourth-order valence-electron chi connectivity index (χ4n) is 2.47. The lowest BCUT2D eigenvalue weighted by Crippen LogP contribution is -2.32. The fraction of sp³-hybridized carbons (Fsp3) is 0.333. The Kier molecular flexibility index (Phi) is 6.19. The van der Waals surface area contributed by atoms with Gasteiger partial charge in [-0.1, -0.05) is 30.0 Å². The Morgan fingerprint density at radius 2 is 2.12 bits per heavy atom. The van der Waals surface area contributed by atoms with Crippen molar-refractivity contribution in [3.8, 4) is 5.69 Å². The fourth-order valence-corrected chi connectivity index (χ4v) is 3.37. The predicted octanol–water partition coefficient (Wildman–Crippen LogP) is 2.45. The number of benzene rings is 1. The number of carbonyl (C=O) groups is 1. The Morgan fingerprint density at radius 3 is 2.88 bits per heavy atom. The molecule has 1 aromatic carbocycles. The maximum absolute atomic E-state index is 12.2. The van der Waals surface area contributed by atoms with Crippen LogP contribution in [0, 0.1) is 0 Å². The average Bonchev–Trinajstić information content (AvgIpc) is 3.11. The second-order valence-electron chi connectivity index (χ2n) is 5.71. The van der Waals surface area contributed by atoms with Crippen molar-refractivity contribution < 1.29 is 9.53 Å². The van der Waals surface area contributed by atoms with Crippen LogP contribution < -0.4 is 5.32 Å². The molecule has 136 valence electrons. The lowest BCUT2D eigenvalue weighted by molar-refractivity contribution is -0.120. The molecule has 2 heterocycles. The Balaban J connectivity index is 1.75. The number of rotatable bonds is 8. The molecule has 0 bridgehead atoms. The number of methoxy groups -OCH3 is 1. The number of ether oxygens (including phenoxy) is 1.